The van der Waals surface area contributed by atoms with E-state index in [4.69, 9.17) is 10.6 Å². The zero-order valence-corrected chi connectivity index (χ0v) is 6.81. The first-order chi connectivity index (χ1) is 6.24. The minimum absolute atomic E-state index is 0.292. The fraction of sp³-hybridized carbons (Fsp3) is 0.250. The minimum Gasteiger partial charge on any atom is -0.505 e. The van der Waals surface area contributed by atoms with Crippen molar-refractivity contribution in [3.8, 4) is 5.75 Å². The number of phenolic OH excluding ortho intramolecular Hbond substituents is 1. The molecule has 0 unspecified atom stereocenters. The van der Waals surface area contributed by atoms with Crippen molar-refractivity contribution in [2.45, 2.75) is 6.42 Å². The molecule has 1 aromatic carbocycles. The first-order valence-corrected chi connectivity index (χ1v) is 3.72. The third kappa shape index (κ3) is 2.65. The summed E-state index contributed by atoms with van der Waals surface area (Å²) in [6.07, 6.45) is 0.473. The van der Waals surface area contributed by atoms with E-state index in [1.165, 1.54) is 12.1 Å². The van der Waals surface area contributed by atoms with Crippen LogP contribution in [0.2, 0.25) is 0 Å². The van der Waals surface area contributed by atoms with Crippen LogP contribution in [0.1, 0.15) is 5.56 Å². The number of phenols is 1. The quantitative estimate of drug-likeness (QED) is 0.434. The van der Waals surface area contributed by atoms with Crippen molar-refractivity contribution < 1.29 is 9.50 Å². The molecule has 0 bridgehead atoms. The second-order valence-electron chi connectivity index (χ2n) is 2.49. The Morgan fingerprint density at radius 2 is 2.31 bits per heavy atom. The van der Waals surface area contributed by atoms with Gasteiger partial charge in [0.2, 0.25) is 0 Å². The van der Waals surface area contributed by atoms with Crippen LogP contribution in [0.5, 0.6) is 5.75 Å². The number of halogens is 1. The second kappa shape index (κ2) is 4.33. The van der Waals surface area contributed by atoms with Crippen LogP contribution < -0.4 is 0 Å². The molecule has 0 saturated carbocycles. The Labute approximate surface area is 74.3 Å². The van der Waals surface area contributed by atoms with Crippen molar-refractivity contribution in [2.24, 2.45) is 5.11 Å². The number of benzene rings is 1. The molecule has 1 aromatic rings. The third-order valence-corrected chi connectivity index (χ3v) is 1.58. The molecule has 13 heavy (non-hydrogen) atoms. The van der Waals surface area contributed by atoms with Gasteiger partial charge in [-0.1, -0.05) is 11.2 Å². The molecule has 68 valence electrons. The predicted molar refractivity (Wildman–Crippen MR) is 45.8 cm³/mol. The summed E-state index contributed by atoms with van der Waals surface area (Å²) in [5, 5.41) is 12.2. The summed E-state index contributed by atoms with van der Waals surface area (Å²) < 4.78 is 12.7. The molecule has 0 aromatic heterocycles. The van der Waals surface area contributed by atoms with Gasteiger partial charge in [0.15, 0.2) is 11.6 Å². The second-order valence-corrected chi connectivity index (χ2v) is 2.49. The number of hydrogen-bond acceptors (Lipinski definition) is 2. The Bertz CT molecular complexity index is 347. The first-order valence-electron chi connectivity index (χ1n) is 3.72. The van der Waals surface area contributed by atoms with E-state index >= 15 is 0 Å². The summed E-state index contributed by atoms with van der Waals surface area (Å²) in [6.45, 7) is 0.292. The molecule has 0 aliphatic rings. The maximum absolute atomic E-state index is 12.7. The molecule has 0 spiro atoms. The van der Waals surface area contributed by atoms with Gasteiger partial charge in [-0.05, 0) is 29.6 Å². The Hall–Kier alpha value is -1.74. The van der Waals surface area contributed by atoms with Crippen molar-refractivity contribution in [3.05, 3.63) is 40.0 Å². The van der Waals surface area contributed by atoms with E-state index in [9.17, 15) is 4.39 Å². The van der Waals surface area contributed by atoms with Crippen molar-refractivity contribution >= 4 is 0 Å². The number of azide groups is 1. The third-order valence-electron chi connectivity index (χ3n) is 1.58. The molecule has 0 amide bonds. The number of nitrogens with zero attached hydrogens (tertiary/aromatic N) is 3. The SMILES string of the molecule is [N-]=[N+]=NCCc1ccc(O)c(F)c1. The van der Waals surface area contributed by atoms with E-state index < -0.39 is 5.82 Å². The fourth-order valence-electron chi connectivity index (χ4n) is 0.930. The molecular weight excluding hydrogens is 173 g/mol. The van der Waals surface area contributed by atoms with E-state index in [-0.39, 0.29) is 5.75 Å². The molecule has 4 nitrogen and oxygen atoms in total. The van der Waals surface area contributed by atoms with Gasteiger partial charge < -0.3 is 5.11 Å². The highest BCUT2D eigenvalue weighted by Crippen LogP contribution is 2.16. The molecule has 0 fully saturated rings. The number of hydrogen-bond donors (Lipinski definition) is 1. The van der Waals surface area contributed by atoms with E-state index in [0.717, 1.165) is 0 Å². The molecule has 5 heteroatoms. The lowest BCUT2D eigenvalue weighted by Gasteiger charge is -1.99. The van der Waals surface area contributed by atoms with Crippen LogP contribution in [-0.2, 0) is 6.42 Å². The first kappa shape index (κ1) is 9.35. The van der Waals surface area contributed by atoms with Crippen LogP contribution in [0, 0.1) is 5.82 Å². The van der Waals surface area contributed by atoms with E-state index in [1.807, 2.05) is 0 Å². The molecule has 0 aliphatic heterocycles. The fourth-order valence-corrected chi connectivity index (χ4v) is 0.930. The van der Waals surface area contributed by atoms with Gasteiger partial charge in [0.05, 0.1) is 0 Å². The highest BCUT2D eigenvalue weighted by atomic mass is 19.1. The molecule has 0 aliphatic carbocycles. The Morgan fingerprint density at radius 3 is 2.92 bits per heavy atom. The monoisotopic (exact) mass is 181 g/mol. The smallest absolute Gasteiger partial charge is 0.165 e. The maximum Gasteiger partial charge on any atom is 0.165 e. The summed E-state index contributed by atoms with van der Waals surface area (Å²) in [5.41, 5.74) is 8.68. The standard InChI is InChI=1S/C8H8FN3O/c9-7-5-6(1-2-8(7)13)3-4-11-12-10/h1-2,5,13H,3-4H2. The summed E-state index contributed by atoms with van der Waals surface area (Å²) in [7, 11) is 0. The van der Waals surface area contributed by atoms with Gasteiger partial charge in [0.25, 0.3) is 0 Å². The largest absolute Gasteiger partial charge is 0.505 e. The Kier molecular flexibility index (Phi) is 3.11. The van der Waals surface area contributed by atoms with E-state index in [1.54, 1.807) is 6.07 Å². The van der Waals surface area contributed by atoms with Gasteiger partial charge in [-0.15, -0.1) is 0 Å². The van der Waals surface area contributed by atoms with Crippen molar-refractivity contribution in [1.29, 1.82) is 0 Å². The number of aromatic hydroxyl groups is 1. The van der Waals surface area contributed by atoms with Crippen LogP contribution >= 0.6 is 0 Å². The summed E-state index contributed by atoms with van der Waals surface area (Å²) in [4.78, 5) is 2.57. The molecule has 0 radical (unpaired) electrons. The number of rotatable bonds is 3. The average molecular weight is 181 g/mol. The van der Waals surface area contributed by atoms with Crippen LogP contribution in [0.15, 0.2) is 23.3 Å². The summed E-state index contributed by atoms with van der Waals surface area (Å²) >= 11 is 0. The molecule has 1 N–H and O–H groups in total. The van der Waals surface area contributed by atoms with Crippen molar-refractivity contribution in [2.75, 3.05) is 6.54 Å². The van der Waals surface area contributed by atoms with Crippen molar-refractivity contribution in [1.82, 2.24) is 0 Å². The van der Waals surface area contributed by atoms with Crippen LogP contribution in [0.25, 0.3) is 10.4 Å². The highest BCUT2D eigenvalue weighted by Gasteiger charge is 2.00. The van der Waals surface area contributed by atoms with Gasteiger partial charge in [0, 0.05) is 11.5 Å². The zero-order valence-electron chi connectivity index (χ0n) is 6.81. The lowest BCUT2D eigenvalue weighted by molar-refractivity contribution is 0.432. The molecule has 0 heterocycles. The average Bonchev–Trinajstić information content (AvgIpc) is 2.12. The lowest BCUT2D eigenvalue weighted by Crippen LogP contribution is -1.89. The van der Waals surface area contributed by atoms with Crippen LogP contribution in [0.4, 0.5) is 4.39 Å². The predicted octanol–water partition coefficient (Wildman–Crippen LogP) is 2.38. The molecule has 0 saturated heterocycles. The van der Waals surface area contributed by atoms with E-state index in [2.05, 4.69) is 10.0 Å². The van der Waals surface area contributed by atoms with Crippen LogP contribution in [-0.4, -0.2) is 11.7 Å². The normalized spacial score (nSPS) is 9.31. The van der Waals surface area contributed by atoms with Crippen LogP contribution in [0.3, 0.4) is 0 Å². The zero-order chi connectivity index (χ0) is 9.68. The van der Waals surface area contributed by atoms with Gasteiger partial charge in [0.1, 0.15) is 0 Å². The summed E-state index contributed by atoms with van der Waals surface area (Å²) in [5.74, 6) is -1.02. The van der Waals surface area contributed by atoms with Gasteiger partial charge >= 0.3 is 0 Å². The Morgan fingerprint density at radius 1 is 1.54 bits per heavy atom. The highest BCUT2D eigenvalue weighted by molar-refractivity contribution is 5.28. The Balaban J connectivity index is 2.68. The minimum atomic E-state index is -0.654. The topological polar surface area (TPSA) is 69.0 Å². The molecule has 0 atom stereocenters. The lowest BCUT2D eigenvalue weighted by atomic mass is 10.1. The van der Waals surface area contributed by atoms with Crippen molar-refractivity contribution in [3.63, 3.8) is 0 Å². The van der Waals surface area contributed by atoms with Gasteiger partial charge in [-0.2, -0.15) is 0 Å². The van der Waals surface area contributed by atoms with Gasteiger partial charge in [-0.3, -0.25) is 0 Å². The summed E-state index contributed by atoms with van der Waals surface area (Å²) in [6, 6.07) is 4.09. The molecular formula is C8H8FN3O. The molecule has 1 rings (SSSR count). The van der Waals surface area contributed by atoms with E-state index in [0.29, 0.717) is 18.5 Å². The van der Waals surface area contributed by atoms with Gasteiger partial charge in [-0.25, -0.2) is 4.39 Å². The maximum atomic E-state index is 12.7.